The van der Waals surface area contributed by atoms with Gasteiger partial charge in [-0.3, -0.25) is 5.10 Å². The maximum absolute atomic E-state index is 8.54. The average Bonchev–Trinajstić information content (AvgIpc) is 2.47. The van der Waals surface area contributed by atoms with E-state index < -0.39 is 0 Å². The molecule has 58 valence electrons. The molecule has 5 heteroatoms. The predicted molar refractivity (Wildman–Crippen MR) is 43.0 cm³/mol. The number of nitrogens with one attached hydrogen (secondary N) is 1. The molecule has 0 fully saturated rings. The van der Waals surface area contributed by atoms with Crippen molar-refractivity contribution in [2.24, 2.45) is 0 Å². The highest BCUT2D eigenvalue weighted by Crippen LogP contribution is 2.16. The highest BCUT2D eigenvalue weighted by atomic mass is 15.2. The highest BCUT2D eigenvalue weighted by molar-refractivity contribution is 5.88. The van der Waals surface area contributed by atoms with Crippen LogP contribution in [0.5, 0.6) is 0 Å². The average molecular weight is 159 g/mol. The van der Waals surface area contributed by atoms with Gasteiger partial charge in [0.05, 0.1) is 11.7 Å². The molecule has 2 aromatic heterocycles. The number of rotatable bonds is 0. The van der Waals surface area contributed by atoms with E-state index in [1.165, 1.54) is 6.20 Å². The summed E-state index contributed by atoms with van der Waals surface area (Å²) in [5.41, 5.74) is 6.61. The second-order valence-corrected chi connectivity index (χ2v) is 2.34. The van der Waals surface area contributed by atoms with Gasteiger partial charge in [0.15, 0.2) is 5.82 Å². The van der Waals surface area contributed by atoms with E-state index in [1.54, 1.807) is 6.07 Å². The number of fused-ring (bicyclic) bond motifs is 1. The molecule has 2 aromatic rings. The molecule has 0 unspecified atom stereocenters. The Hall–Kier alpha value is -2.09. The van der Waals surface area contributed by atoms with Gasteiger partial charge >= 0.3 is 0 Å². The predicted octanol–water partition coefficient (Wildman–Crippen LogP) is 0.412. The Bertz CT molecular complexity index is 464. The van der Waals surface area contributed by atoms with E-state index in [2.05, 4.69) is 15.2 Å². The number of hydrogen-bond donors (Lipinski definition) is 2. The van der Waals surface area contributed by atoms with Gasteiger partial charge in [-0.05, 0) is 6.07 Å². The van der Waals surface area contributed by atoms with Crippen LogP contribution < -0.4 is 5.73 Å². The van der Waals surface area contributed by atoms with Crippen LogP contribution in [0.3, 0.4) is 0 Å². The number of nitrogens with two attached hydrogens (primary N) is 1. The largest absolute Gasteiger partial charge is 0.382 e. The lowest BCUT2D eigenvalue weighted by atomic mass is 10.2. The van der Waals surface area contributed by atoms with Crippen LogP contribution >= 0.6 is 0 Å². The van der Waals surface area contributed by atoms with Crippen molar-refractivity contribution >= 4 is 16.7 Å². The first-order valence-corrected chi connectivity index (χ1v) is 3.31. The van der Waals surface area contributed by atoms with Gasteiger partial charge < -0.3 is 5.73 Å². The number of H-pyrrole nitrogens is 1. The van der Waals surface area contributed by atoms with Gasteiger partial charge in [0.25, 0.3) is 0 Å². The molecular weight excluding hydrogens is 154 g/mol. The number of aromatic amines is 1. The molecule has 0 aliphatic carbocycles. The number of hydrogen-bond acceptors (Lipinski definition) is 4. The van der Waals surface area contributed by atoms with Crippen molar-refractivity contribution < 1.29 is 0 Å². The zero-order valence-corrected chi connectivity index (χ0v) is 6.07. The van der Waals surface area contributed by atoms with Gasteiger partial charge in [-0.1, -0.05) is 0 Å². The summed E-state index contributed by atoms with van der Waals surface area (Å²) in [5, 5.41) is 15.7. The quantitative estimate of drug-likeness (QED) is 0.582. The van der Waals surface area contributed by atoms with Gasteiger partial charge in [-0.25, -0.2) is 4.98 Å². The Kier molecular flexibility index (Phi) is 1.21. The van der Waals surface area contributed by atoms with Crippen LogP contribution in [0.25, 0.3) is 10.9 Å². The lowest BCUT2D eigenvalue weighted by molar-refractivity contribution is 1.12. The Morgan fingerprint density at radius 3 is 3.17 bits per heavy atom. The summed E-state index contributed by atoms with van der Waals surface area (Å²) in [4.78, 5) is 3.85. The standard InChI is InChI=1S/C7H5N5/c8-2-4-1-5-6(3-10-4)11-12-7(5)9/h1,3H,(H3,9,11,12). The first kappa shape index (κ1) is 6.61. The maximum Gasteiger partial charge on any atom is 0.153 e. The SMILES string of the molecule is N#Cc1cc2c(N)n[nH]c2cn1. The molecule has 2 heterocycles. The molecule has 12 heavy (non-hydrogen) atoms. The molecule has 0 aliphatic heterocycles. The number of pyridine rings is 1. The van der Waals surface area contributed by atoms with Gasteiger partial charge in [-0.15, -0.1) is 0 Å². The smallest absolute Gasteiger partial charge is 0.153 e. The van der Waals surface area contributed by atoms with E-state index in [1.807, 2.05) is 6.07 Å². The minimum absolute atomic E-state index is 0.343. The summed E-state index contributed by atoms with van der Waals surface area (Å²) in [6.45, 7) is 0. The van der Waals surface area contributed by atoms with Crippen LogP contribution in [0.1, 0.15) is 5.69 Å². The summed E-state index contributed by atoms with van der Waals surface area (Å²) >= 11 is 0. The van der Waals surface area contributed by atoms with E-state index >= 15 is 0 Å². The third-order valence-electron chi connectivity index (χ3n) is 1.59. The number of aromatic nitrogens is 3. The number of nitriles is 1. The van der Waals surface area contributed by atoms with E-state index in [0.29, 0.717) is 11.5 Å². The first-order chi connectivity index (χ1) is 5.81. The lowest BCUT2D eigenvalue weighted by Crippen LogP contribution is -1.85. The fourth-order valence-electron chi connectivity index (χ4n) is 0.998. The van der Waals surface area contributed by atoms with E-state index in [-0.39, 0.29) is 0 Å². The van der Waals surface area contributed by atoms with Crippen LogP contribution in [0, 0.1) is 11.3 Å². The molecule has 0 aromatic carbocycles. The van der Waals surface area contributed by atoms with E-state index in [4.69, 9.17) is 11.0 Å². The number of nitrogens with zero attached hydrogens (tertiary/aromatic N) is 3. The molecule has 0 aliphatic rings. The Morgan fingerprint density at radius 1 is 1.58 bits per heavy atom. The molecule has 0 bridgehead atoms. The fourth-order valence-corrected chi connectivity index (χ4v) is 0.998. The zero-order valence-electron chi connectivity index (χ0n) is 6.07. The van der Waals surface area contributed by atoms with Gasteiger partial charge in [0.2, 0.25) is 0 Å². The highest BCUT2D eigenvalue weighted by Gasteiger charge is 2.02. The zero-order chi connectivity index (χ0) is 8.55. The third-order valence-corrected chi connectivity index (χ3v) is 1.59. The summed E-state index contributed by atoms with van der Waals surface area (Å²) in [7, 11) is 0. The van der Waals surface area contributed by atoms with Crippen molar-refractivity contribution in [3.05, 3.63) is 18.0 Å². The fraction of sp³-hybridized carbons (Fsp3) is 0. The molecule has 0 radical (unpaired) electrons. The first-order valence-electron chi connectivity index (χ1n) is 3.31. The van der Waals surface area contributed by atoms with E-state index in [0.717, 1.165) is 10.9 Å². The van der Waals surface area contributed by atoms with Crippen LogP contribution in [-0.4, -0.2) is 15.2 Å². The Balaban J connectivity index is 2.82. The van der Waals surface area contributed by atoms with E-state index in [9.17, 15) is 0 Å². The molecule has 2 rings (SSSR count). The molecular formula is C7H5N5. The van der Waals surface area contributed by atoms with Crippen LogP contribution in [-0.2, 0) is 0 Å². The van der Waals surface area contributed by atoms with Crippen LogP contribution in [0.4, 0.5) is 5.82 Å². The van der Waals surface area contributed by atoms with Crippen molar-refractivity contribution in [1.29, 1.82) is 5.26 Å². The Morgan fingerprint density at radius 2 is 2.42 bits per heavy atom. The minimum Gasteiger partial charge on any atom is -0.382 e. The summed E-state index contributed by atoms with van der Waals surface area (Å²) in [6, 6.07) is 3.53. The topological polar surface area (TPSA) is 91.4 Å². The van der Waals surface area contributed by atoms with Gasteiger partial charge in [0, 0.05) is 5.39 Å². The van der Waals surface area contributed by atoms with Gasteiger partial charge in [-0.2, -0.15) is 10.4 Å². The van der Waals surface area contributed by atoms with Crippen molar-refractivity contribution in [2.45, 2.75) is 0 Å². The second-order valence-electron chi connectivity index (χ2n) is 2.34. The molecule has 5 nitrogen and oxygen atoms in total. The molecule has 0 atom stereocenters. The van der Waals surface area contributed by atoms with Crippen molar-refractivity contribution in [3.63, 3.8) is 0 Å². The molecule has 0 amide bonds. The maximum atomic E-state index is 8.54. The molecule has 3 N–H and O–H groups in total. The summed E-state index contributed by atoms with van der Waals surface area (Å²) in [6.07, 6.45) is 1.54. The minimum atomic E-state index is 0.343. The summed E-state index contributed by atoms with van der Waals surface area (Å²) in [5.74, 6) is 0.393. The monoisotopic (exact) mass is 159 g/mol. The Labute approximate surface area is 67.8 Å². The summed E-state index contributed by atoms with van der Waals surface area (Å²) < 4.78 is 0. The number of anilines is 1. The van der Waals surface area contributed by atoms with Crippen molar-refractivity contribution in [3.8, 4) is 6.07 Å². The van der Waals surface area contributed by atoms with Crippen molar-refractivity contribution in [2.75, 3.05) is 5.73 Å². The van der Waals surface area contributed by atoms with Crippen LogP contribution in [0.15, 0.2) is 12.3 Å². The number of nitrogen functional groups attached to an aromatic ring is 1. The molecule has 0 saturated carbocycles. The third kappa shape index (κ3) is 0.787. The lowest BCUT2D eigenvalue weighted by Gasteiger charge is -1.88. The molecule has 0 spiro atoms. The van der Waals surface area contributed by atoms with Crippen molar-refractivity contribution in [1.82, 2.24) is 15.2 Å². The second kappa shape index (κ2) is 2.20. The molecule has 0 saturated heterocycles. The normalized spacial score (nSPS) is 9.92. The van der Waals surface area contributed by atoms with Gasteiger partial charge in [0.1, 0.15) is 11.8 Å². The van der Waals surface area contributed by atoms with Crippen LogP contribution in [0.2, 0.25) is 0 Å².